The van der Waals surface area contributed by atoms with Gasteiger partial charge >= 0.3 is 0 Å². The molecule has 1 unspecified atom stereocenters. The number of nitrogens with two attached hydrogens (primary N) is 1. The number of carbonyl (C=O) groups is 2. The van der Waals surface area contributed by atoms with Gasteiger partial charge in [0.1, 0.15) is 29.2 Å². The van der Waals surface area contributed by atoms with Crippen LogP contribution in [0.25, 0.3) is 11.0 Å². The molecule has 3 N–H and O–H groups in total. The molecule has 0 spiro atoms. The molecular weight excluding hydrogens is 402 g/mol. The molecule has 0 saturated carbocycles. The van der Waals surface area contributed by atoms with Gasteiger partial charge in [0.05, 0.1) is 24.8 Å². The third kappa shape index (κ3) is 3.91. The van der Waals surface area contributed by atoms with E-state index in [4.69, 9.17) is 24.4 Å². The summed E-state index contributed by atoms with van der Waals surface area (Å²) in [5.74, 6) is 0.377. The van der Waals surface area contributed by atoms with E-state index >= 15 is 0 Å². The fraction of sp³-hybridized carbons (Fsp3) is 0.318. The minimum atomic E-state index is -1.22. The number of hydrogen-bond acceptors (Lipinski definition) is 7. The summed E-state index contributed by atoms with van der Waals surface area (Å²) in [5, 5.41) is 3.33. The largest absolute Gasteiger partial charge is 0.489 e. The minimum Gasteiger partial charge on any atom is -0.489 e. The maximum absolute atomic E-state index is 13.1. The second-order valence-corrected chi connectivity index (χ2v) is 7.35. The van der Waals surface area contributed by atoms with Crippen molar-refractivity contribution in [2.75, 3.05) is 20.3 Å². The van der Waals surface area contributed by atoms with Crippen LogP contribution in [0.4, 0.5) is 0 Å². The molecule has 0 aliphatic carbocycles. The monoisotopic (exact) mass is 425 g/mol. The quantitative estimate of drug-likeness (QED) is 0.594. The van der Waals surface area contributed by atoms with Crippen LogP contribution >= 0.6 is 0 Å². The fourth-order valence-corrected chi connectivity index (χ4v) is 3.65. The number of ether oxygens (including phenoxy) is 3. The molecule has 1 fully saturated rings. The predicted octanol–water partition coefficient (Wildman–Crippen LogP) is 2.10. The molecule has 9 nitrogen and oxygen atoms in total. The van der Waals surface area contributed by atoms with E-state index in [9.17, 15) is 9.59 Å². The Morgan fingerprint density at radius 2 is 2.16 bits per heavy atom. The molecule has 31 heavy (non-hydrogen) atoms. The van der Waals surface area contributed by atoms with Crippen molar-refractivity contribution in [2.45, 2.75) is 25.5 Å². The van der Waals surface area contributed by atoms with Crippen LogP contribution in [0.3, 0.4) is 0 Å². The lowest BCUT2D eigenvalue weighted by molar-refractivity contribution is -0.124. The van der Waals surface area contributed by atoms with Crippen molar-refractivity contribution >= 4 is 22.8 Å². The highest BCUT2D eigenvalue weighted by Crippen LogP contribution is 2.31. The van der Waals surface area contributed by atoms with Crippen LogP contribution in [-0.2, 0) is 16.1 Å². The van der Waals surface area contributed by atoms with Crippen molar-refractivity contribution in [1.29, 1.82) is 0 Å². The topological polar surface area (TPSA) is 126 Å². The van der Waals surface area contributed by atoms with Gasteiger partial charge in [-0.15, -0.1) is 0 Å². The van der Waals surface area contributed by atoms with E-state index in [1.165, 1.54) is 0 Å². The zero-order valence-electron chi connectivity index (χ0n) is 17.3. The van der Waals surface area contributed by atoms with E-state index in [1.54, 1.807) is 44.5 Å². The summed E-state index contributed by atoms with van der Waals surface area (Å²) < 4.78 is 22.2. The van der Waals surface area contributed by atoms with Crippen molar-refractivity contribution in [2.24, 2.45) is 5.73 Å². The van der Waals surface area contributed by atoms with Crippen molar-refractivity contribution in [3.8, 4) is 11.6 Å². The van der Waals surface area contributed by atoms with Crippen LogP contribution in [0, 0.1) is 6.92 Å². The van der Waals surface area contributed by atoms with Crippen molar-refractivity contribution in [3.63, 3.8) is 0 Å². The van der Waals surface area contributed by atoms with Gasteiger partial charge in [-0.1, -0.05) is 0 Å². The number of aryl methyl sites for hydroxylation is 1. The number of carbonyl (C=O) groups excluding carboxylic acids is 2. The van der Waals surface area contributed by atoms with Crippen molar-refractivity contribution in [3.05, 3.63) is 53.4 Å². The number of pyridine rings is 1. The Labute approximate surface area is 178 Å². The molecule has 0 bridgehead atoms. The van der Waals surface area contributed by atoms with Gasteiger partial charge in [-0.2, -0.15) is 0 Å². The zero-order valence-corrected chi connectivity index (χ0v) is 17.3. The van der Waals surface area contributed by atoms with E-state index in [1.807, 2.05) is 6.07 Å². The molecule has 1 aromatic carbocycles. The zero-order chi connectivity index (χ0) is 22.0. The summed E-state index contributed by atoms with van der Waals surface area (Å²) in [6.07, 6.45) is 1.96. The Kier molecular flexibility index (Phi) is 5.51. The van der Waals surface area contributed by atoms with Crippen molar-refractivity contribution < 1.29 is 28.2 Å². The predicted molar refractivity (Wildman–Crippen MR) is 111 cm³/mol. The number of primary amides is 1. The Morgan fingerprint density at radius 1 is 1.32 bits per heavy atom. The maximum atomic E-state index is 13.1. The van der Waals surface area contributed by atoms with Crippen LogP contribution in [0.5, 0.6) is 11.6 Å². The van der Waals surface area contributed by atoms with Crippen LogP contribution in [0.2, 0.25) is 0 Å². The number of methoxy groups -OCH3 is 1. The van der Waals surface area contributed by atoms with Gasteiger partial charge in [-0.3, -0.25) is 9.59 Å². The van der Waals surface area contributed by atoms with Crippen LogP contribution < -0.4 is 20.5 Å². The van der Waals surface area contributed by atoms with E-state index < -0.39 is 17.4 Å². The first-order valence-electron chi connectivity index (χ1n) is 9.77. The van der Waals surface area contributed by atoms with E-state index in [2.05, 4.69) is 10.3 Å². The first kappa shape index (κ1) is 20.7. The van der Waals surface area contributed by atoms with Crippen LogP contribution in [0.15, 0.2) is 40.9 Å². The summed E-state index contributed by atoms with van der Waals surface area (Å²) in [4.78, 5) is 29.2. The Hall–Kier alpha value is -3.59. The normalized spacial score (nSPS) is 18.1. The summed E-state index contributed by atoms with van der Waals surface area (Å²) >= 11 is 0. The number of benzene rings is 1. The number of amides is 2. The molecule has 1 aliphatic rings. The molecule has 2 amide bonds. The number of nitrogens with zero attached hydrogens (tertiary/aromatic N) is 1. The molecule has 2 aromatic heterocycles. The SMILES string of the molecule is COc1ncccc1COc1ccc2oc(C)c(C(=O)NC3(C(N)=O)CCOC3)c2c1. The van der Waals surface area contributed by atoms with Gasteiger partial charge in [0.15, 0.2) is 0 Å². The maximum Gasteiger partial charge on any atom is 0.256 e. The summed E-state index contributed by atoms with van der Waals surface area (Å²) in [6.45, 7) is 2.33. The molecule has 1 aliphatic heterocycles. The number of nitrogens with one attached hydrogen (secondary N) is 1. The van der Waals surface area contributed by atoms with E-state index in [0.29, 0.717) is 47.0 Å². The molecule has 1 saturated heterocycles. The third-order valence-electron chi connectivity index (χ3n) is 5.35. The molecule has 162 valence electrons. The second kappa shape index (κ2) is 8.27. The smallest absolute Gasteiger partial charge is 0.256 e. The van der Waals surface area contributed by atoms with E-state index in [0.717, 1.165) is 5.56 Å². The highest BCUT2D eigenvalue weighted by Gasteiger charge is 2.43. The summed E-state index contributed by atoms with van der Waals surface area (Å²) in [7, 11) is 1.55. The number of fused-ring (bicyclic) bond motifs is 1. The number of hydrogen-bond donors (Lipinski definition) is 2. The van der Waals surface area contributed by atoms with Gasteiger partial charge in [-0.05, 0) is 37.3 Å². The summed E-state index contributed by atoms with van der Waals surface area (Å²) in [6, 6.07) is 8.88. The average molecular weight is 425 g/mol. The molecule has 4 rings (SSSR count). The lowest BCUT2D eigenvalue weighted by Gasteiger charge is -2.24. The Bertz CT molecular complexity index is 1130. The van der Waals surface area contributed by atoms with Gasteiger partial charge in [0.25, 0.3) is 5.91 Å². The minimum absolute atomic E-state index is 0.0458. The molecular formula is C22H23N3O6. The third-order valence-corrected chi connectivity index (χ3v) is 5.35. The number of rotatable bonds is 7. The summed E-state index contributed by atoms with van der Waals surface area (Å²) in [5.41, 5.74) is 5.96. The number of furan rings is 1. The Balaban J connectivity index is 1.60. The van der Waals surface area contributed by atoms with Crippen molar-refractivity contribution in [1.82, 2.24) is 10.3 Å². The highest BCUT2D eigenvalue weighted by atomic mass is 16.5. The van der Waals surface area contributed by atoms with Gasteiger partial charge < -0.3 is 29.7 Å². The lowest BCUT2D eigenvalue weighted by Crippen LogP contribution is -2.58. The standard InChI is InChI=1S/C22H23N3O6/c1-13-18(19(26)25-22(21(23)27)7-9-29-12-22)16-10-15(5-6-17(16)31-13)30-11-14-4-3-8-24-20(14)28-2/h3-6,8,10H,7,9,11-12H2,1-2H3,(H2,23,27)(H,25,26). The van der Waals surface area contributed by atoms with Gasteiger partial charge in [0.2, 0.25) is 11.8 Å². The fourth-order valence-electron chi connectivity index (χ4n) is 3.65. The molecule has 0 radical (unpaired) electrons. The first-order valence-corrected chi connectivity index (χ1v) is 9.77. The molecule has 1 atom stereocenters. The van der Waals surface area contributed by atoms with Crippen LogP contribution in [-0.4, -0.2) is 42.7 Å². The lowest BCUT2D eigenvalue weighted by atomic mass is 9.97. The average Bonchev–Trinajstić information content (AvgIpc) is 3.36. The second-order valence-electron chi connectivity index (χ2n) is 7.35. The van der Waals surface area contributed by atoms with Gasteiger partial charge in [0, 0.05) is 24.6 Å². The Morgan fingerprint density at radius 3 is 2.87 bits per heavy atom. The molecule has 3 heterocycles. The molecule has 9 heteroatoms. The van der Waals surface area contributed by atoms with Crippen LogP contribution in [0.1, 0.15) is 28.1 Å². The van der Waals surface area contributed by atoms with E-state index in [-0.39, 0.29) is 13.2 Å². The highest BCUT2D eigenvalue weighted by molar-refractivity contribution is 6.09. The van der Waals surface area contributed by atoms with Gasteiger partial charge in [-0.25, -0.2) is 4.98 Å². The first-order chi connectivity index (χ1) is 14.9. The number of aromatic nitrogens is 1. The molecule has 3 aromatic rings.